The van der Waals surface area contributed by atoms with Crippen molar-refractivity contribution in [3.8, 4) is 28.6 Å². The van der Waals surface area contributed by atoms with Gasteiger partial charge >= 0.3 is 0 Å². The van der Waals surface area contributed by atoms with Gasteiger partial charge in [0.2, 0.25) is 5.88 Å². The molecule has 1 fully saturated rings. The molecule has 0 spiro atoms. The zero-order valence-electron chi connectivity index (χ0n) is 17.4. The molecule has 7 heteroatoms. The molecule has 2 unspecified atom stereocenters. The first-order valence-corrected chi connectivity index (χ1v) is 10.1. The van der Waals surface area contributed by atoms with E-state index in [9.17, 15) is 5.11 Å². The largest absolute Gasteiger partial charge is 0.507 e. The van der Waals surface area contributed by atoms with Gasteiger partial charge in [0.15, 0.2) is 0 Å². The van der Waals surface area contributed by atoms with E-state index in [-0.39, 0.29) is 22.9 Å². The molecule has 4 heterocycles. The number of piperidine rings is 1. The molecule has 0 radical (unpaired) electrons. The number of imidazole rings is 1. The van der Waals surface area contributed by atoms with E-state index in [1.54, 1.807) is 18.6 Å². The fraction of sp³-hybridized carbons (Fsp3) is 0.348. The standard InChI is InChI=1S/C23H25N5O2/c1-22-8-9-23(2,27(22)3)14-17(13-22)30-21-7-6-19(25-26-21)18-5-4-16(12-20(18)29)28-11-10-24-15-28/h4-12,15,17,29H,13-14H2,1-3H3. The van der Waals surface area contributed by atoms with Crippen LogP contribution in [0.3, 0.4) is 0 Å². The molecule has 3 aromatic rings. The van der Waals surface area contributed by atoms with E-state index in [1.807, 2.05) is 35.0 Å². The second kappa shape index (κ2) is 6.67. The first kappa shape index (κ1) is 18.8. The number of likely N-dealkylation sites (N-methyl/N-ethyl adjacent to an activating group) is 1. The molecule has 5 rings (SSSR count). The summed E-state index contributed by atoms with van der Waals surface area (Å²) in [5, 5.41) is 19.0. The number of benzene rings is 1. The maximum Gasteiger partial charge on any atom is 0.233 e. The van der Waals surface area contributed by atoms with Crippen molar-refractivity contribution in [2.75, 3.05) is 7.05 Å². The lowest BCUT2D eigenvalue weighted by Gasteiger charge is -2.49. The first-order chi connectivity index (χ1) is 14.4. The highest BCUT2D eigenvalue weighted by atomic mass is 16.5. The van der Waals surface area contributed by atoms with E-state index in [4.69, 9.17) is 4.74 Å². The Bertz CT molecular complexity index is 1070. The lowest BCUT2D eigenvalue weighted by Crippen LogP contribution is -2.57. The summed E-state index contributed by atoms with van der Waals surface area (Å²) in [5.74, 6) is 0.650. The van der Waals surface area contributed by atoms with Gasteiger partial charge in [0.25, 0.3) is 0 Å². The van der Waals surface area contributed by atoms with Crippen LogP contribution in [0, 0.1) is 0 Å². The molecule has 7 nitrogen and oxygen atoms in total. The number of fused-ring (bicyclic) bond motifs is 2. The molecule has 2 aliphatic rings. The van der Waals surface area contributed by atoms with Crippen molar-refractivity contribution >= 4 is 0 Å². The molecular weight excluding hydrogens is 378 g/mol. The van der Waals surface area contributed by atoms with Gasteiger partial charge in [-0.3, -0.25) is 4.90 Å². The molecule has 1 aromatic carbocycles. The van der Waals surface area contributed by atoms with E-state index in [1.165, 1.54) is 0 Å². The van der Waals surface area contributed by atoms with Gasteiger partial charge in [-0.2, -0.15) is 0 Å². The van der Waals surface area contributed by atoms with Crippen LogP contribution in [-0.4, -0.2) is 54.0 Å². The predicted octanol–water partition coefficient (Wildman–Crippen LogP) is 3.60. The number of rotatable bonds is 4. The van der Waals surface area contributed by atoms with Gasteiger partial charge in [0.05, 0.1) is 17.7 Å². The van der Waals surface area contributed by atoms with Gasteiger partial charge in [-0.1, -0.05) is 12.2 Å². The first-order valence-electron chi connectivity index (χ1n) is 10.1. The monoisotopic (exact) mass is 403 g/mol. The van der Waals surface area contributed by atoms with E-state index in [0.717, 1.165) is 18.5 Å². The lowest BCUT2D eigenvalue weighted by atomic mass is 9.83. The van der Waals surface area contributed by atoms with Gasteiger partial charge in [-0.15, -0.1) is 10.2 Å². The number of hydrogen-bond acceptors (Lipinski definition) is 6. The smallest absolute Gasteiger partial charge is 0.233 e. The van der Waals surface area contributed by atoms with Crippen molar-refractivity contribution in [3.63, 3.8) is 0 Å². The highest BCUT2D eigenvalue weighted by Crippen LogP contribution is 2.45. The minimum atomic E-state index is 0.00775. The van der Waals surface area contributed by atoms with E-state index < -0.39 is 0 Å². The van der Waals surface area contributed by atoms with Crippen LogP contribution in [0.4, 0.5) is 0 Å². The van der Waals surface area contributed by atoms with Crippen LogP contribution in [-0.2, 0) is 0 Å². The zero-order chi connectivity index (χ0) is 20.9. The Morgan fingerprint density at radius 3 is 2.43 bits per heavy atom. The summed E-state index contributed by atoms with van der Waals surface area (Å²) in [6, 6.07) is 9.08. The minimum Gasteiger partial charge on any atom is -0.507 e. The average molecular weight is 403 g/mol. The topological polar surface area (TPSA) is 76.3 Å². The SMILES string of the molecule is CN1C2(C)C=CC1(C)CC(Oc1ccc(-c3ccc(-n4ccnc4)cc3O)nn1)C2. The predicted molar refractivity (Wildman–Crippen MR) is 114 cm³/mol. The lowest BCUT2D eigenvalue weighted by molar-refractivity contribution is -0.0141. The Hall–Kier alpha value is -3.19. The molecule has 154 valence electrons. The third-order valence-electron chi connectivity index (χ3n) is 6.60. The van der Waals surface area contributed by atoms with Gasteiger partial charge < -0.3 is 14.4 Å². The van der Waals surface area contributed by atoms with Crippen molar-refractivity contribution in [3.05, 3.63) is 61.2 Å². The van der Waals surface area contributed by atoms with E-state index >= 15 is 0 Å². The van der Waals surface area contributed by atoms with Crippen LogP contribution in [0.25, 0.3) is 16.9 Å². The van der Waals surface area contributed by atoms with Crippen molar-refractivity contribution in [1.82, 2.24) is 24.6 Å². The molecule has 1 N–H and O–H groups in total. The molecule has 0 aliphatic carbocycles. The summed E-state index contributed by atoms with van der Waals surface area (Å²) in [5.41, 5.74) is 2.07. The Balaban J connectivity index is 1.32. The maximum absolute atomic E-state index is 10.5. The molecule has 2 aliphatic heterocycles. The summed E-state index contributed by atoms with van der Waals surface area (Å²) >= 11 is 0. The van der Waals surface area contributed by atoms with Crippen LogP contribution in [0.1, 0.15) is 26.7 Å². The maximum atomic E-state index is 10.5. The number of phenols is 1. The van der Waals surface area contributed by atoms with Crippen LogP contribution in [0.2, 0.25) is 0 Å². The van der Waals surface area contributed by atoms with Gasteiger partial charge in [0, 0.05) is 54.0 Å². The van der Waals surface area contributed by atoms with Crippen molar-refractivity contribution in [1.29, 1.82) is 0 Å². The second-order valence-corrected chi connectivity index (χ2v) is 8.68. The molecule has 2 bridgehead atoms. The van der Waals surface area contributed by atoms with Crippen molar-refractivity contribution in [2.24, 2.45) is 0 Å². The van der Waals surface area contributed by atoms with Gasteiger partial charge in [-0.05, 0) is 39.1 Å². The number of aromatic nitrogens is 4. The molecule has 30 heavy (non-hydrogen) atoms. The number of nitrogens with zero attached hydrogens (tertiary/aromatic N) is 5. The summed E-state index contributed by atoms with van der Waals surface area (Å²) in [6.45, 7) is 4.49. The molecule has 0 saturated carbocycles. The summed E-state index contributed by atoms with van der Waals surface area (Å²) in [7, 11) is 2.18. The molecule has 0 amide bonds. The molecule has 1 saturated heterocycles. The molecule has 2 aromatic heterocycles. The molecular formula is C23H25N5O2. The van der Waals surface area contributed by atoms with Crippen LogP contribution in [0.15, 0.2) is 61.2 Å². The fourth-order valence-electron chi connectivity index (χ4n) is 4.66. The number of aromatic hydroxyl groups is 1. The number of phenolic OH excluding ortho intramolecular Hbond substituents is 1. The highest BCUT2D eigenvalue weighted by Gasteiger charge is 2.50. The van der Waals surface area contributed by atoms with Crippen LogP contribution < -0.4 is 4.74 Å². The quantitative estimate of drug-likeness (QED) is 0.671. The Morgan fingerprint density at radius 2 is 1.83 bits per heavy atom. The van der Waals surface area contributed by atoms with Crippen molar-refractivity contribution in [2.45, 2.75) is 43.9 Å². The Morgan fingerprint density at radius 1 is 1.07 bits per heavy atom. The summed E-state index contributed by atoms with van der Waals surface area (Å²) in [6.07, 6.45) is 11.7. The summed E-state index contributed by atoms with van der Waals surface area (Å²) in [4.78, 5) is 6.45. The second-order valence-electron chi connectivity index (χ2n) is 8.68. The van der Waals surface area contributed by atoms with Gasteiger partial charge in [0.1, 0.15) is 11.9 Å². The molecule has 2 atom stereocenters. The third-order valence-corrected chi connectivity index (χ3v) is 6.60. The normalized spacial score (nSPS) is 28.0. The Kier molecular flexibility index (Phi) is 4.18. The van der Waals surface area contributed by atoms with E-state index in [0.29, 0.717) is 17.1 Å². The summed E-state index contributed by atoms with van der Waals surface area (Å²) < 4.78 is 8.02. The van der Waals surface area contributed by atoms with Crippen LogP contribution >= 0.6 is 0 Å². The Labute approximate surface area is 175 Å². The van der Waals surface area contributed by atoms with Crippen LogP contribution in [0.5, 0.6) is 11.6 Å². The fourth-order valence-corrected chi connectivity index (χ4v) is 4.66. The zero-order valence-corrected chi connectivity index (χ0v) is 17.4. The highest BCUT2D eigenvalue weighted by molar-refractivity contribution is 5.68. The number of hydrogen-bond donors (Lipinski definition) is 1. The minimum absolute atomic E-state index is 0.00775. The van der Waals surface area contributed by atoms with E-state index in [2.05, 4.69) is 53.1 Å². The average Bonchev–Trinajstić information content (AvgIpc) is 3.30. The third kappa shape index (κ3) is 3.06. The van der Waals surface area contributed by atoms with Gasteiger partial charge in [-0.25, -0.2) is 4.98 Å². The number of ether oxygens (including phenoxy) is 1. The van der Waals surface area contributed by atoms with Crippen molar-refractivity contribution < 1.29 is 9.84 Å².